The second-order valence-electron chi connectivity index (χ2n) is 7.80. The number of hydrogen-bond acceptors (Lipinski definition) is 3. The molecule has 0 aromatic heterocycles. The van der Waals surface area contributed by atoms with Gasteiger partial charge in [0, 0.05) is 0 Å². The molecule has 7 heteroatoms. The molecule has 4 amide bonds. The highest BCUT2D eigenvalue weighted by atomic mass is 19.1. The summed E-state index contributed by atoms with van der Waals surface area (Å²) >= 11 is 0. The van der Waals surface area contributed by atoms with Gasteiger partial charge in [0.25, 0.3) is 5.91 Å². The summed E-state index contributed by atoms with van der Waals surface area (Å²) in [6.45, 7) is 1.41. The molecular formula is C23H24FN3O3. The normalized spacial score (nSPS) is 23.1. The summed E-state index contributed by atoms with van der Waals surface area (Å²) in [5.41, 5.74) is 1.51. The molecule has 2 atom stereocenters. The van der Waals surface area contributed by atoms with E-state index in [2.05, 4.69) is 16.7 Å². The van der Waals surface area contributed by atoms with Gasteiger partial charge in [0.05, 0.1) is 6.04 Å². The minimum absolute atomic E-state index is 0.128. The van der Waals surface area contributed by atoms with E-state index < -0.39 is 23.3 Å². The van der Waals surface area contributed by atoms with Crippen molar-refractivity contribution in [2.24, 2.45) is 0 Å². The van der Waals surface area contributed by atoms with Gasteiger partial charge in [-0.05, 0) is 54.5 Å². The number of fused-ring (bicyclic) bond motifs is 1. The molecule has 0 spiro atoms. The molecule has 2 aromatic rings. The highest BCUT2D eigenvalue weighted by Crippen LogP contribution is 2.33. The van der Waals surface area contributed by atoms with E-state index in [-0.39, 0.29) is 24.9 Å². The Morgan fingerprint density at radius 2 is 1.93 bits per heavy atom. The van der Waals surface area contributed by atoms with Crippen LogP contribution in [-0.2, 0) is 21.5 Å². The van der Waals surface area contributed by atoms with Gasteiger partial charge in [-0.2, -0.15) is 0 Å². The van der Waals surface area contributed by atoms with Crippen molar-refractivity contribution < 1.29 is 18.8 Å². The number of carbonyl (C=O) groups excluding carboxylic acids is 3. The number of halogens is 1. The van der Waals surface area contributed by atoms with E-state index in [4.69, 9.17) is 0 Å². The van der Waals surface area contributed by atoms with E-state index in [0.717, 1.165) is 29.7 Å². The van der Waals surface area contributed by atoms with Crippen molar-refractivity contribution in [2.75, 3.05) is 6.54 Å². The first kappa shape index (κ1) is 20.1. The number of nitrogens with zero attached hydrogens (tertiary/aromatic N) is 1. The Morgan fingerprint density at radius 1 is 1.20 bits per heavy atom. The van der Waals surface area contributed by atoms with Crippen LogP contribution in [0.4, 0.5) is 9.18 Å². The molecule has 6 nitrogen and oxygen atoms in total. The lowest BCUT2D eigenvalue weighted by Crippen LogP contribution is -2.45. The Kier molecular flexibility index (Phi) is 5.28. The third-order valence-corrected chi connectivity index (χ3v) is 6.05. The number of imide groups is 1. The maximum atomic E-state index is 13.3. The average Bonchev–Trinajstić information content (AvgIpc) is 2.99. The van der Waals surface area contributed by atoms with Gasteiger partial charge in [-0.3, -0.25) is 14.5 Å². The molecule has 4 rings (SSSR count). The molecular weight excluding hydrogens is 385 g/mol. The van der Waals surface area contributed by atoms with E-state index in [9.17, 15) is 18.8 Å². The lowest BCUT2D eigenvalue weighted by molar-refractivity contribution is -0.135. The number of urea groups is 1. The zero-order chi connectivity index (χ0) is 21.3. The molecule has 156 valence electrons. The maximum Gasteiger partial charge on any atom is 0.325 e. The fraction of sp³-hybridized carbons (Fsp3) is 0.348. The van der Waals surface area contributed by atoms with Crippen LogP contribution in [0, 0.1) is 5.82 Å². The largest absolute Gasteiger partial charge is 0.348 e. The van der Waals surface area contributed by atoms with E-state index in [0.29, 0.717) is 5.56 Å². The van der Waals surface area contributed by atoms with Gasteiger partial charge >= 0.3 is 6.03 Å². The van der Waals surface area contributed by atoms with Crippen LogP contribution in [0.5, 0.6) is 0 Å². The maximum absolute atomic E-state index is 13.3. The molecule has 0 radical (unpaired) electrons. The van der Waals surface area contributed by atoms with E-state index in [1.807, 2.05) is 18.2 Å². The highest BCUT2D eigenvalue weighted by molar-refractivity contribution is 6.09. The quantitative estimate of drug-likeness (QED) is 0.745. The number of rotatable bonds is 5. The van der Waals surface area contributed by atoms with Crippen molar-refractivity contribution in [1.82, 2.24) is 15.5 Å². The second-order valence-corrected chi connectivity index (χ2v) is 7.80. The average molecular weight is 409 g/mol. The summed E-state index contributed by atoms with van der Waals surface area (Å²) < 4.78 is 13.3. The van der Waals surface area contributed by atoms with Crippen LogP contribution in [0.1, 0.15) is 48.9 Å². The topological polar surface area (TPSA) is 78.5 Å². The van der Waals surface area contributed by atoms with Crippen molar-refractivity contribution in [3.8, 4) is 0 Å². The van der Waals surface area contributed by atoms with Crippen molar-refractivity contribution in [1.29, 1.82) is 0 Å². The first-order valence-corrected chi connectivity index (χ1v) is 10.2. The number of amides is 4. The molecule has 2 aromatic carbocycles. The number of nitrogens with one attached hydrogen (secondary N) is 2. The van der Waals surface area contributed by atoms with Gasteiger partial charge in [0.15, 0.2) is 0 Å². The van der Waals surface area contributed by atoms with Crippen LogP contribution >= 0.6 is 0 Å². The molecule has 0 saturated carbocycles. The van der Waals surface area contributed by atoms with Gasteiger partial charge in [0.1, 0.15) is 17.9 Å². The van der Waals surface area contributed by atoms with E-state index >= 15 is 0 Å². The zero-order valence-corrected chi connectivity index (χ0v) is 16.8. The predicted molar refractivity (Wildman–Crippen MR) is 109 cm³/mol. The summed E-state index contributed by atoms with van der Waals surface area (Å²) in [7, 11) is 0. The Morgan fingerprint density at radius 3 is 2.67 bits per heavy atom. The second kappa shape index (κ2) is 7.89. The zero-order valence-electron chi connectivity index (χ0n) is 16.8. The Hall–Kier alpha value is -3.22. The Balaban J connectivity index is 1.50. The first-order valence-electron chi connectivity index (χ1n) is 10.2. The van der Waals surface area contributed by atoms with Crippen molar-refractivity contribution in [2.45, 2.75) is 44.2 Å². The van der Waals surface area contributed by atoms with Gasteiger partial charge in [-0.25, -0.2) is 9.18 Å². The predicted octanol–water partition coefficient (Wildman–Crippen LogP) is 3.18. The van der Waals surface area contributed by atoms with Crippen molar-refractivity contribution >= 4 is 17.8 Å². The molecule has 1 aliphatic carbocycles. The van der Waals surface area contributed by atoms with Gasteiger partial charge < -0.3 is 10.6 Å². The van der Waals surface area contributed by atoms with Crippen LogP contribution in [0.25, 0.3) is 0 Å². The molecule has 1 aliphatic heterocycles. The molecule has 2 unspecified atom stereocenters. The summed E-state index contributed by atoms with van der Waals surface area (Å²) in [4.78, 5) is 39.4. The lowest BCUT2D eigenvalue weighted by Gasteiger charge is -2.27. The first-order chi connectivity index (χ1) is 14.4. The molecule has 0 bridgehead atoms. The van der Waals surface area contributed by atoms with Crippen LogP contribution < -0.4 is 10.6 Å². The summed E-state index contributed by atoms with van der Waals surface area (Å²) in [5, 5.41) is 5.69. The van der Waals surface area contributed by atoms with Crippen LogP contribution in [0.15, 0.2) is 48.5 Å². The Labute approximate surface area is 174 Å². The fourth-order valence-corrected chi connectivity index (χ4v) is 4.43. The molecule has 1 fully saturated rings. The van der Waals surface area contributed by atoms with Gasteiger partial charge in [0.2, 0.25) is 5.91 Å². The van der Waals surface area contributed by atoms with Crippen molar-refractivity contribution in [3.63, 3.8) is 0 Å². The molecule has 30 heavy (non-hydrogen) atoms. The number of aryl methyl sites for hydroxylation is 1. The number of carbonyl (C=O) groups is 3. The third-order valence-electron chi connectivity index (χ3n) is 6.05. The van der Waals surface area contributed by atoms with Crippen LogP contribution in [-0.4, -0.2) is 29.3 Å². The minimum atomic E-state index is -1.29. The van der Waals surface area contributed by atoms with E-state index in [1.54, 1.807) is 6.92 Å². The number of hydrogen-bond donors (Lipinski definition) is 2. The summed E-state index contributed by atoms with van der Waals surface area (Å²) in [6.07, 6.45) is 3.05. The van der Waals surface area contributed by atoms with Gasteiger partial charge in [-0.15, -0.1) is 0 Å². The van der Waals surface area contributed by atoms with Gasteiger partial charge in [-0.1, -0.05) is 43.3 Å². The van der Waals surface area contributed by atoms with Crippen molar-refractivity contribution in [3.05, 3.63) is 71.0 Å². The fourth-order valence-electron chi connectivity index (χ4n) is 4.43. The molecule has 1 saturated heterocycles. The summed E-state index contributed by atoms with van der Waals surface area (Å²) in [6, 6.07) is 12.7. The SMILES string of the molecule is CCC1(c2ccc(F)cc2)NC(=O)N(CC(=O)NC2CCCc3ccccc32)C1=O. The van der Waals surface area contributed by atoms with Crippen LogP contribution in [0.2, 0.25) is 0 Å². The standard InChI is InChI=1S/C23H24FN3O3/c1-2-23(16-10-12-17(24)13-11-16)21(29)27(22(30)26-23)14-20(28)25-19-9-5-7-15-6-3-4-8-18(15)19/h3-4,6,8,10-13,19H,2,5,7,9,14H2,1H3,(H,25,28)(H,26,30). The highest BCUT2D eigenvalue weighted by Gasteiger charge is 2.51. The summed E-state index contributed by atoms with van der Waals surface area (Å²) in [5.74, 6) is -1.31. The smallest absolute Gasteiger partial charge is 0.325 e. The van der Waals surface area contributed by atoms with E-state index in [1.165, 1.54) is 29.8 Å². The molecule has 1 heterocycles. The number of benzene rings is 2. The molecule has 2 aliphatic rings. The molecule has 2 N–H and O–H groups in total. The Bertz CT molecular complexity index is 991. The van der Waals surface area contributed by atoms with Crippen LogP contribution in [0.3, 0.4) is 0 Å². The third kappa shape index (κ3) is 3.44. The minimum Gasteiger partial charge on any atom is -0.348 e. The lowest BCUT2D eigenvalue weighted by atomic mass is 9.87. The monoisotopic (exact) mass is 409 g/mol.